The van der Waals surface area contributed by atoms with Crippen LogP contribution in [-0.4, -0.2) is 29.4 Å². The Morgan fingerprint density at radius 2 is 1.71 bits per heavy atom. The van der Waals surface area contributed by atoms with Crippen LogP contribution in [0, 0.1) is 0 Å². The van der Waals surface area contributed by atoms with Crippen LogP contribution in [0.15, 0.2) is 24.3 Å². The fourth-order valence-electron chi connectivity index (χ4n) is 0.957. The van der Waals surface area contributed by atoms with Gasteiger partial charge < -0.3 is 15.7 Å². The van der Waals surface area contributed by atoms with E-state index in [4.69, 9.17) is 16.7 Å². The molecule has 0 unspecified atom stereocenters. The summed E-state index contributed by atoms with van der Waals surface area (Å²) in [7, 11) is 0. The van der Waals surface area contributed by atoms with Crippen molar-refractivity contribution < 1.29 is 19.5 Å². The van der Waals surface area contributed by atoms with E-state index >= 15 is 0 Å². The van der Waals surface area contributed by atoms with Crippen LogP contribution in [0.3, 0.4) is 0 Å². The number of benzene rings is 1. The molecule has 90 valence electrons. The summed E-state index contributed by atoms with van der Waals surface area (Å²) in [6, 6.07) is 6.13. The Balaban J connectivity index is 2.51. The average molecular weight is 257 g/mol. The molecule has 0 bridgehead atoms. The molecule has 0 aromatic heterocycles. The predicted molar refractivity (Wildman–Crippen MR) is 60.7 cm³/mol. The largest absolute Gasteiger partial charge is 0.480 e. The minimum absolute atomic E-state index is 0.393. The maximum absolute atomic E-state index is 11.3. The van der Waals surface area contributed by atoms with Gasteiger partial charge in [0.05, 0.1) is 0 Å². The van der Waals surface area contributed by atoms with Crippen LogP contribution in [-0.2, 0) is 14.4 Å². The summed E-state index contributed by atoms with van der Waals surface area (Å²) in [6.45, 7) is -0.604. The number of carboxylic acid groups (broad SMARTS) is 1. The lowest BCUT2D eigenvalue weighted by Gasteiger charge is -2.04. The van der Waals surface area contributed by atoms with Crippen LogP contribution >= 0.6 is 11.6 Å². The first-order valence-corrected chi connectivity index (χ1v) is 4.93. The molecule has 6 nitrogen and oxygen atoms in total. The number of rotatable bonds is 3. The monoisotopic (exact) mass is 256 g/mol. The lowest BCUT2D eigenvalue weighted by atomic mass is 10.3. The first-order valence-electron chi connectivity index (χ1n) is 4.55. The van der Waals surface area contributed by atoms with Crippen molar-refractivity contribution in [2.24, 2.45) is 0 Å². The van der Waals surface area contributed by atoms with Gasteiger partial charge >= 0.3 is 17.8 Å². The number of carbonyl (C=O) groups excluding carboxylic acids is 2. The van der Waals surface area contributed by atoms with Crippen LogP contribution in [0.25, 0.3) is 0 Å². The third-order valence-electron chi connectivity index (χ3n) is 1.71. The molecule has 0 saturated carbocycles. The molecule has 0 fully saturated rings. The summed E-state index contributed by atoms with van der Waals surface area (Å²) in [6.07, 6.45) is 0. The van der Waals surface area contributed by atoms with Crippen molar-refractivity contribution in [1.29, 1.82) is 0 Å². The summed E-state index contributed by atoms with van der Waals surface area (Å²) in [5.74, 6) is -3.17. The van der Waals surface area contributed by atoms with E-state index in [9.17, 15) is 14.4 Å². The molecule has 3 N–H and O–H groups in total. The molecule has 2 amide bonds. The standard InChI is InChI=1S/C10H9ClN2O4/c11-6-1-3-7(4-2-6)13-10(17)9(16)12-5-8(14)15/h1-4H,5H2,(H,12,16)(H,13,17)(H,14,15). The van der Waals surface area contributed by atoms with Gasteiger partial charge in [0.15, 0.2) is 0 Å². The topological polar surface area (TPSA) is 95.5 Å². The van der Waals surface area contributed by atoms with Crippen LogP contribution in [0.2, 0.25) is 5.02 Å². The first-order chi connectivity index (χ1) is 7.99. The highest BCUT2D eigenvalue weighted by molar-refractivity contribution is 6.39. The molecule has 0 radical (unpaired) electrons. The van der Waals surface area contributed by atoms with E-state index in [0.29, 0.717) is 10.7 Å². The highest BCUT2D eigenvalue weighted by Crippen LogP contribution is 2.12. The lowest BCUT2D eigenvalue weighted by molar-refractivity contribution is -0.140. The van der Waals surface area contributed by atoms with E-state index in [-0.39, 0.29) is 0 Å². The van der Waals surface area contributed by atoms with E-state index in [1.807, 2.05) is 5.32 Å². The second-order valence-electron chi connectivity index (χ2n) is 3.04. The second-order valence-corrected chi connectivity index (χ2v) is 3.47. The molecule has 7 heteroatoms. The fraction of sp³-hybridized carbons (Fsp3) is 0.100. The van der Waals surface area contributed by atoms with Crippen molar-refractivity contribution in [3.05, 3.63) is 29.3 Å². The maximum Gasteiger partial charge on any atom is 0.322 e. The number of hydrogen-bond acceptors (Lipinski definition) is 3. The smallest absolute Gasteiger partial charge is 0.322 e. The Kier molecular flexibility index (Phi) is 4.47. The van der Waals surface area contributed by atoms with Gasteiger partial charge in [-0.1, -0.05) is 11.6 Å². The van der Waals surface area contributed by atoms with Crippen LogP contribution in [0.4, 0.5) is 5.69 Å². The average Bonchev–Trinajstić information content (AvgIpc) is 2.28. The minimum atomic E-state index is -1.22. The molecule has 1 rings (SSSR count). The Hall–Kier alpha value is -2.08. The zero-order chi connectivity index (χ0) is 12.8. The van der Waals surface area contributed by atoms with Crippen LogP contribution in [0.5, 0.6) is 0 Å². The molecule has 0 heterocycles. The molecule has 0 spiro atoms. The van der Waals surface area contributed by atoms with Crippen molar-refractivity contribution in [3.8, 4) is 0 Å². The summed E-state index contributed by atoms with van der Waals surface area (Å²) in [4.78, 5) is 32.5. The summed E-state index contributed by atoms with van der Waals surface area (Å²) in [5.41, 5.74) is 0.393. The molecule has 17 heavy (non-hydrogen) atoms. The predicted octanol–water partition coefficient (Wildman–Crippen LogP) is 0.479. The zero-order valence-electron chi connectivity index (χ0n) is 8.57. The highest BCUT2D eigenvalue weighted by atomic mass is 35.5. The van der Waals surface area contributed by atoms with Gasteiger partial charge in [-0.2, -0.15) is 0 Å². The van der Waals surface area contributed by atoms with Gasteiger partial charge in [-0.3, -0.25) is 14.4 Å². The van der Waals surface area contributed by atoms with Gasteiger partial charge in [0.1, 0.15) is 6.54 Å². The molecule has 0 aliphatic rings. The van der Waals surface area contributed by atoms with Gasteiger partial charge in [0.25, 0.3) is 0 Å². The Labute approximate surface area is 102 Å². The molecule has 0 aliphatic carbocycles. The van der Waals surface area contributed by atoms with Crippen molar-refractivity contribution >= 4 is 35.1 Å². The number of hydrogen-bond donors (Lipinski definition) is 3. The van der Waals surface area contributed by atoms with E-state index in [0.717, 1.165) is 0 Å². The molecule has 1 aromatic rings. The third-order valence-corrected chi connectivity index (χ3v) is 1.96. The summed E-state index contributed by atoms with van der Waals surface area (Å²) in [5, 5.41) is 13.0. The molecular weight excluding hydrogens is 248 g/mol. The van der Waals surface area contributed by atoms with Crippen molar-refractivity contribution in [3.63, 3.8) is 0 Å². The minimum Gasteiger partial charge on any atom is -0.480 e. The fourth-order valence-corrected chi connectivity index (χ4v) is 1.08. The Morgan fingerprint density at radius 1 is 1.12 bits per heavy atom. The van der Waals surface area contributed by atoms with Gasteiger partial charge in [-0.15, -0.1) is 0 Å². The lowest BCUT2D eigenvalue weighted by Crippen LogP contribution is -2.38. The SMILES string of the molecule is O=C(O)CNC(=O)C(=O)Nc1ccc(Cl)cc1. The van der Waals surface area contributed by atoms with E-state index in [2.05, 4.69) is 5.32 Å². The molecule has 0 atom stereocenters. The quantitative estimate of drug-likeness (QED) is 0.686. The van der Waals surface area contributed by atoms with Crippen molar-refractivity contribution in [2.45, 2.75) is 0 Å². The van der Waals surface area contributed by atoms with Crippen molar-refractivity contribution in [2.75, 3.05) is 11.9 Å². The van der Waals surface area contributed by atoms with E-state index in [1.165, 1.54) is 12.1 Å². The van der Waals surface area contributed by atoms with E-state index < -0.39 is 24.3 Å². The highest BCUT2D eigenvalue weighted by Gasteiger charge is 2.14. The van der Waals surface area contributed by atoms with Gasteiger partial charge in [0, 0.05) is 10.7 Å². The molecular formula is C10H9ClN2O4. The summed E-state index contributed by atoms with van der Waals surface area (Å²) >= 11 is 5.64. The second kappa shape index (κ2) is 5.86. The Bertz CT molecular complexity index is 444. The Morgan fingerprint density at radius 3 is 2.24 bits per heavy atom. The number of carbonyl (C=O) groups is 3. The van der Waals surface area contributed by atoms with Gasteiger partial charge in [-0.25, -0.2) is 0 Å². The van der Waals surface area contributed by atoms with Gasteiger partial charge in [-0.05, 0) is 24.3 Å². The number of amides is 2. The number of nitrogens with one attached hydrogen (secondary N) is 2. The van der Waals surface area contributed by atoms with E-state index in [1.54, 1.807) is 12.1 Å². The first kappa shape index (κ1) is 13.0. The third kappa shape index (κ3) is 4.52. The molecule has 0 aliphatic heterocycles. The molecule has 1 aromatic carbocycles. The molecule has 0 saturated heterocycles. The van der Waals surface area contributed by atoms with Crippen molar-refractivity contribution in [1.82, 2.24) is 5.32 Å². The number of aliphatic carboxylic acids is 1. The van der Waals surface area contributed by atoms with Crippen LogP contribution < -0.4 is 10.6 Å². The summed E-state index contributed by atoms with van der Waals surface area (Å²) < 4.78 is 0. The van der Waals surface area contributed by atoms with Gasteiger partial charge in [0.2, 0.25) is 0 Å². The number of anilines is 1. The normalized spacial score (nSPS) is 9.47. The number of carboxylic acids is 1. The zero-order valence-corrected chi connectivity index (χ0v) is 9.32. The maximum atomic E-state index is 11.3. The number of halogens is 1. The van der Waals surface area contributed by atoms with Crippen LogP contribution in [0.1, 0.15) is 0 Å².